The molecule has 3 unspecified atom stereocenters. The Morgan fingerprint density at radius 1 is 0.567 bits per heavy atom. The highest BCUT2D eigenvalue weighted by Gasteiger charge is 2.41. The smallest absolute Gasteiger partial charge is 0.333 e. The fraction of sp³-hybridized carbons (Fsp3) is 0.811. The molecule has 0 spiro atoms. The molecule has 0 aromatic carbocycles. The lowest BCUT2D eigenvalue weighted by molar-refractivity contribution is -0.140. The van der Waals surface area contributed by atoms with Crippen molar-refractivity contribution in [2.24, 2.45) is 23.7 Å². The third kappa shape index (κ3) is 21.2. The van der Waals surface area contributed by atoms with Gasteiger partial charge in [0.2, 0.25) is 23.6 Å². The molecule has 0 aromatic rings. The third-order valence-electron chi connectivity index (χ3n) is 13.2. The number of hydrogen-bond acceptors (Lipinski definition) is 9. The topological polar surface area (TPSA) is 186 Å². The van der Waals surface area contributed by atoms with Gasteiger partial charge in [0, 0.05) is 37.3 Å². The zero-order chi connectivity index (χ0) is 52.6. The van der Waals surface area contributed by atoms with E-state index in [2.05, 4.69) is 49.0 Å². The van der Waals surface area contributed by atoms with Crippen LogP contribution in [0, 0.1) is 23.7 Å². The highest BCUT2D eigenvalue weighted by atomic mass is 16.5. The Bertz CT molecular complexity index is 1580. The van der Waals surface area contributed by atoms with Crippen molar-refractivity contribution in [2.45, 2.75) is 237 Å². The first-order valence-electron chi connectivity index (χ1n) is 25.6. The minimum absolute atomic E-state index is 0.0195. The van der Waals surface area contributed by atoms with Crippen LogP contribution in [-0.4, -0.2) is 119 Å². The van der Waals surface area contributed by atoms with Crippen molar-refractivity contribution in [3.63, 3.8) is 0 Å². The van der Waals surface area contributed by atoms with E-state index < -0.39 is 29.1 Å². The summed E-state index contributed by atoms with van der Waals surface area (Å²) in [7, 11) is 3.43. The number of carboxylic acid groups (broad SMARTS) is 1. The van der Waals surface area contributed by atoms with Crippen LogP contribution in [0.3, 0.4) is 0 Å². The van der Waals surface area contributed by atoms with Crippen LogP contribution in [0.5, 0.6) is 0 Å². The van der Waals surface area contributed by atoms with Gasteiger partial charge in [0.15, 0.2) is 0 Å². The molecule has 0 heterocycles. The molecule has 0 aliphatic carbocycles. The number of esters is 1. The normalized spacial score (nSPS) is 14.8. The molecule has 0 aromatic heterocycles. The van der Waals surface area contributed by atoms with Crippen LogP contribution < -0.4 is 21.3 Å². The first-order chi connectivity index (χ1) is 31.1. The first-order valence-corrected chi connectivity index (χ1v) is 25.6. The predicted octanol–water partition coefficient (Wildman–Crippen LogP) is 8.82. The van der Waals surface area contributed by atoms with Crippen molar-refractivity contribution in [3.8, 4) is 0 Å². The van der Waals surface area contributed by atoms with Gasteiger partial charge in [-0.25, -0.2) is 9.59 Å². The van der Waals surface area contributed by atoms with Crippen LogP contribution in [0.15, 0.2) is 23.3 Å². The van der Waals surface area contributed by atoms with Gasteiger partial charge in [-0.15, -0.1) is 0 Å². The average Bonchev–Trinajstić information content (AvgIpc) is 3.27. The molecule has 67 heavy (non-hydrogen) atoms. The Morgan fingerprint density at radius 3 is 1.21 bits per heavy atom. The maximum atomic E-state index is 13.7. The number of nitrogens with zero attached hydrogens (tertiary/aromatic N) is 2. The highest BCUT2D eigenvalue weighted by Crippen LogP contribution is 2.23. The van der Waals surface area contributed by atoms with Crippen LogP contribution in [0.4, 0.5) is 0 Å². The lowest BCUT2D eigenvalue weighted by Gasteiger charge is -2.38. The van der Waals surface area contributed by atoms with Crippen molar-refractivity contribution >= 4 is 35.6 Å². The largest absolute Gasteiger partial charge is 0.478 e. The zero-order valence-corrected chi connectivity index (χ0v) is 46.2. The van der Waals surface area contributed by atoms with E-state index in [1.54, 1.807) is 49.9 Å². The number of likely N-dealkylation sites (N-methyl/N-ethyl adjacent to an activating group) is 2. The molecule has 14 nitrogen and oxygen atoms in total. The molecule has 0 fully saturated rings. The van der Waals surface area contributed by atoms with Crippen LogP contribution >= 0.6 is 0 Å². The summed E-state index contributed by atoms with van der Waals surface area (Å²) in [6.45, 7) is 37.7. The maximum Gasteiger partial charge on any atom is 0.333 e. The zero-order valence-electron chi connectivity index (χ0n) is 46.2. The van der Waals surface area contributed by atoms with E-state index in [1.807, 2.05) is 83.1 Å². The minimum Gasteiger partial charge on any atom is -0.478 e. The van der Waals surface area contributed by atoms with Gasteiger partial charge in [-0.05, 0) is 109 Å². The van der Waals surface area contributed by atoms with Gasteiger partial charge >= 0.3 is 11.9 Å². The molecule has 14 heteroatoms. The molecule has 0 aliphatic rings. The monoisotopic (exact) mass is 949 g/mol. The van der Waals surface area contributed by atoms with E-state index in [0.29, 0.717) is 50.7 Å². The van der Waals surface area contributed by atoms with Crippen molar-refractivity contribution in [1.29, 1.82) is 0 Å². The molecule has 0 bridgehead atoms. The second-order valence-corrected chi connectivity index (χ2v) is 20.1. The number of hydrogen-bond donors (Lipinski definition) is 5. The van der Waals surface area contributed by atoms with Gasteiger partial charge in [0.25, 0.3) is 0 Å². The molecule has 0 aliphatic heterocycles. The molecular formula is C53H100N6O8. The van der Waals surface area contributed by atoms with E-state index in [-0.39, 0.29) is 83.0 Å². The molecular weight excluding hydrogens is 849 g/mol. The number of ether oxygens (including phenoxy) is 1. The number of carboxylic acids is 1. The lowest BCUT2D eigenvalue weighted by atomic mass is 9.88. The van der Waals surface area contributed by atoms with Crippen molar-refractivity contribution < 1.29 is 38.6 Å². The Labute approximate surface area is 408 Å². The number of nitrogens with one attached hydrogen (secondary N) is 4. The fourth-order valence-electron chi connectivity index (χ4n) is 8.30. The van der Waals surface area contributed by atoms with Gasteiger partial charge in [-0.3, -0.25) is 19.2 Å². The molecule has 4 amide bonds. The summed E-state index contributed by atoms with van der Waals surface area (Å²) in [6, 6.07) is -1.59. The lowest BCUT2D eigenvalue weighted by Crippen LogP contribution is -2.62. The quantitative estimate of drug-likeness (QED) is 0.0344. The Hall–Kier alpha value is -3.78. The summed E-state index contributed by atoms with van der Waals surface area (Å²) in [4.78, 5) is 81.0. The molecule has 5 N–H and O–H groups in total. The predicted molar refractivity (Wildman–Crippen MR) is 274 cm³/mol. The van der Waals surface area contributed by atoms with Crippen molar-refractivity contribution in [2.75, 3.05) is 20.7 Å². The molecule has 0 saturated heterocycles. The summed E-state index contributed by atoms with van der Waals surface area (Å²) < 4.78 is 5.11. The molecule has 390 valence electrons. The number of amides is 4. The summed E-state index contributed by atoms with van der Waals surface area (Å²) in [6.07, 6.45) is 9.75. The van der Waals surface area contributed by atoms with Crippen LogP contribution in [0.2, 0.25) is 0 Å². The van der Waals surface area contributed by atoms with Crippen LogP contribution in [0.1, 0.15) is 189 Å². The average molecular weight is 949 g/mol. The summed E-state index contributed by atoms with van der Waals surface area (Å²) in [5.41, 5.74) is -0.787. The van der Waals surface area contributed by atoms with Crippen molar-refractivity contribution in [3.05, 3.63) is 23.3 Å². The van der Waals surface area contributed by atoms with Crippen LogP contribution in [-0.2, 0) is 33.5 Å². The molecule has 0 radical (unpaired) electrons. The molecule has 0 rings (SSSR count). The maximum absolute atomic E-state index is 13.7. The second-order valence-electron chi connectivity index (χ2n) is 20.1. The summed E-state index contributed by atoms with van der Waals surface area (Å²) in [5.74, 6) is -1.51. The number of aliphatic carboxylic acids is 1. The van der Waals surface area contributed by atoms with E-state index >= 15 is 0 Å². The molecule has 0 saturated carbocycles. The van der Waals surface area contributed by atoms with E-state index in [9.17, 15) is 33.9 Å². The first kappa shape index (κ1) is 65.3. The van der Waals surface area contributed by atoms with Gasteiger partial charge in [-0.1, -0.05) is 116 Å². The Kier molecular flexibility index (Phi) is 31.3. The van der Waals surface area contributed by atoms with Gasteiger partial charge in [-0.2, -0.15) is 0 Å². The number of carbonyl (C=O) groups is 6. The van der Waals surface area contributed by atoms with Gasteiger partial charge in [0.05, 0.1) is 29.8 Å². The van der Waals surface area contributed by atoms with E-state index in [4.69, 9.17) is 4.74 Å². The van der Waals surface area contributed by atoms with Gasteiger partial charge in [0.1, 0.15) is 12.1 Å². The van der Waals surface area contributed by atoms with Gasteiger partial charge < -0.3 is 40.9 Å². The van der Waals surface area contributed by atoms with E-state index in [0.717, 1.165) is 19.3 Å². The third-order valence-corrected chi connectivity index (χ3v) is 13.2. The highest BCUT2D eigenvalue weighted by molar-refractivity contribution is 5.93. The summed E-state index contributed by atoms with van der Waals surface area (Å²) in [5, 5.41) is 22.5. The SMILES string of the molecule is CCC(C)NC(CC)(CC)C(=O)NC(CC(C)C)C(=O)N(C)[C@H](/C=C(\C)C(=O)O)C(C)C.CCOC(=O)/C(C)=C/[C@H](C(C)C)N(C)C(=O)C(CC(C)C)NC(=O)C(CC)(CC)NC(CC)CC. The fourth-order valence-corrected chi connectivity index (χ4v) is 8.30. The minimum atomic E-state index is -1.00. The standard InChI is InChI=1S/C28H53N3O4.C25H47N3O4/c1-12-22(13-2)30-28(14-3,15-4)27(34)29-23(17-19(6)7)25(32)31(11)24(20(8)9)18-21(10)26(33)35-16-5;1-11-19(9)27-25(12-2,13-3)24(32)26-20(14-16(4)5)22(29)28(10)21(17(6)7)15-18(8)23(30)31/h18-20,22-24,30H,12-17H2,1-11H3,(H,29,34);15-17,19-21,27H,11-14H2,1-10H3,(H,26,32)(H,30,31)/b21-18+;18-15+/t23?,24-;19?,20?,21-/m11/s1. The number of rotatable bonds is 30. The van der Waals surface area contributed by atoms with Crippen LogP contribution in [0.25, 0.3) is 0 Å². The second kappa shape index (κ2) is 32.1. The van der Waals surface area contributed by atoms with E-state index in [1.165, 1.54) is 6.92 Å². The molecule has 5 atom stereocenters. The number of carbonyl (C=O) groups excluding carboxylic acids is 5. The summed E-state index contributed by atoms with van der Waals surface area (Å²) >= 11 is 0. The Balaban J connectivity index is 0. The van der Waals surface area contributed by atoms with Crippen molar-refractivity contribution in [1.82, 2.24) is 31.1 Å². The Morgan fingerprint density at radius 2 is 0.925 bits per heavy atom.